The molecule has 0 bridgehead atoms. The van der Waals surface area contributed by atoms with E-state index in [2.05, 4.69) is 41.9 Å². The molecule has 27 heavy (non-hydrogen) atoms. The van der Waals surface area contributed by atoms with E-state index in [9.17, 15) is 0 Å². The van der Waals surface area contributed by atoms with Crippen molar-refractivity contribution in [2.24, 2.45) is 17.8 Å². The van der Waals surface area contributed by atoms with Crippen molar-refractivity contribution in [1.82, 2.24) is 0 Å². The van der Waals surface area contributed by atoms with Gasteiger partial charge in [0.15, 0.2) is 0 Å². The summed E-state index contributed by atoms with van der Waals surface area (Å²) in [5, 5.41) is 1.23. The quantitative estimate of drug-likeness (QED) is 0.250. The van der Waals surface area contributed by atoms with E-state index in [4.69, 9.17) is 0 Å². The third-order valence-corrected chi connectivity index (χ3v) is 10.6. The van der Waals surface area contributed by atoms with Crippen LogP contribution in [-0.2, 0) is 17.8 Å². The van der Waals surface area contributed by atoms with Gasteiger partial charge in [0.1, 0.15) is 0 Å². The Morgan fingerprint density at radius 3 is 1.93 bits per heavy atom. The topological polar surface area (TPSA) is 0 Å². The first-order valence-corrected chi connectivity index (χ1v) is 13.8. The van der Waals surface area contributed by atoms with Gasteiger partial charge in [0.25, 0.3) is 4.20 Å². The summed E-state index contributed by atoms with van der Waals surface area (Å²) in [6.07, 6.45) is 14.5. The Kier molecular flexibility index (Phi) is 7.03. The van der Waals surface area contributed by atoms with Crippen LogP contribution in [-0.4, -0.2) is 14.1 Å². The Balaban J connectivity index is 1.28. The SMILES string of the molecule is Cc1cc(CC2CCC(CC3CCC(Br)CC3)CC2)cc(C)c1C1=[S+]CS1. The van der Waals surface area contributed by atoms with Crippen LogP contribution in [0.4, 0.5) is 0 Å². The minimum atomic E-state index is 0.808. The van der Waals surface area contributed by atoms with Gasteiger partial charge in [-0.15, -0.1) is 0 Å². The first-order valence-electron chi connectivity index (χ1n) is 11.0. The van der Waals surface area contributed by atoms with Gasteiger partial charge in [0.2, 0.25) is 16.4 Å². The number of thioether (sulfide) groups is 1. The van der Waals surface area contributed by atoms with E-state index in [0.29, 0.717) is 0 Å². The van der Waals surface area contributed by atoms with Crippen molar-refractivity contribution in [3.05, 3.63) is 34.4 Å². The zero-order valence-corrected chi connectivity index (χ0v) is 20.2. The van der Waals surface area contributed by atoms with E-state index < -0.39 is 0 Å². The molecule has 0 amide bonds. The van der Waals surface area contributed by atoms with Gasteiger partial charge in [0.05, 0.1) is 5.56 Å². The first-order chi connectivity index (χ1) is 13.1. The Bertz CT molecular complexity index is 657. The van der Waals surface area contributed by atoms with Gasteiger partial charge in [0, 0.05) is 4.83 Å². The Hall–Kier alpha value is 0.140. The summed E-state index contributed by atoms with van der Waals surface area (Å²) in [6.45, 7) is 4.63. The normalized spacial score (nSPS) is 31.3. The molecule has 3 aliphatic rings. The van der Waals surface area contributed by atoms with Crippen LogP contribution in [0.25, 0.3) is 0 Å². The molecule has 0 radical (unpaired) electrons. The standard InChI is InChI=1S/C24H34BrS2/c1-16-11-21(12-17(2)23(16)24-26-15-27-24)14-19-5-3-18(4-6-19)13-20-7-9-22(25)10-8-20/h11-12,18-20,22H,3-10,13-15H2,1-2H3/q+1. The highest BCUT2D eigenvalue weighted by Gasteiger charge is 2.29. The van der Waals surface area contributed by atoms with Crippen LogP contribution in [0.5, 0.6) is 0 Å². The van der Waals surface area contributed by atoms with E-state index in [0.717, 1.165) is 22.6 Å². The maximum atomic E-state index is 3.81. The zero-order chi connectivity index (χ0) is 18.8. The van der Waals surface area contributed by atoms with Crippen LogP contribution < -0.4 is 0 Å². The molecule has 0 atom stereocenters. The van der Waals surface area contributed by atoms with Gasteiger partial charge in [-0.3, -0.25) is 0 Å². The van der Waals surface area contributed by atoms with E-state index in [1.54, 1.807) is 9.76 Å². The molecule has 0 spiro atoms. The molecule has 1 aromatic rings. The molecular formula is C24H34BrS2+. The van der Waals surface area contributed by atoms with E-state index in [-0.39, 0.29) is 0 Å². The lowest BCUT2D eigenvalue weighted by molar-refractivity contribution is 0.213. The van der Waals surface area contributed by atoms with E-state index >= 15 is 0 Å². The highest BCUT2D eigenvalue weighted by Crippen LogP contribution is 2.39. The fourth-order valence-electron chi connectivity index (χ4n) is 5.59. The predicted octanol–water partition coefficient (Wildman–Crippen LogP) is 7.26. The maximum absolute atomic E-state index is 3.81. The molecule has 0 unspecified atom stereocenters. The van der Waals surface area contributed by atoms with E-state index in [1.165, 1.54) is 86.0 Å². The fraction of sp³-hybridized carbons (Fsp3) is 0.708. The average Bonchev–Trinajstić information content (AvgIpc) is 2.60. The third kappa shape index (κ3) is 5.20. The highest BCUT2D eigenvalue weighted by atomic mass is 79.9. The smallest absolute Gasteiger partial charge is 0.0891 e. The number of halogens is 1. The number of aryl methyl sites for hydroxylation is 2. The van der Waals surface area contributed by atoms with Crippen molar-refractivity contribution in [3.8, 4) is 0 Å². The molecule has 1 aliphatic heterocycles. The van der Waals surface area contributed by atoms with Crippen LogP contribution in [0, 0.1) is 31.6 Å². The highest BCUT2D eigenvalue weighted by molar-refractivity contribution is 9.09. The second kappa shape index (κ2) is 9.30. The second-order valence-electron chi connectivity index (χ2n) is 9.24. The average molecular weight is 467 g/mol. The zero-order valence-electron chi connectivity index (χ0n) is 16.9. The third-order valence-electron chi connectivity index (χ3n) is 7.11. The summed E-state index contributed by atoms with van der Waals surface area (Å²) >= 11 is 7.85. The first kappa shape index (κ1) is 20.4. The molecule has 1 heterocycles. The summed E-state index contributed by atoms with van der Waals surface area (Å²) in [6, 6.07) is 4.97. The van der Waals surface area contributed by atoms with Gasteiger partial charge >= 0.3 is 0 Å². The monoisotopic (exact) mass is 465 g/mol. The molecule has 4 rings (SSSR count). The molecular weight excluding hydrogens is 432 g/mol. The largest absolute Gasteiger partial charge is 0.271 e. The fourth-order valence-corrected chi connectivity index (χ4v) is 7.99. The summed E-state index contributed by atoms with van der Waals surface area (Å²) in [4.78, 5) is 0.808. The Labute approximate surface area is 182 Å². The Morgan fingerprint density at radius 1 is 0.889 bits per heavy atom. The van der Waals surface area contributed by atoms with Crippen molar-refractivity contribution >= 4 is 43.2 Å². The van der Waals surface area contributed by atoms with Crippen molar-refractivity contribution in [2.45, 2.75) is 82.9 Å². The number of benzene rings is 1. The van der Waals surface area contributed by atoms with Crippen molar-refractivity contribution in [3.63, 3.8) is 0 Å². The molecule has 3 heteroatoms. The molecule has 148 valence electrons. The van der Waals surface area contributed by atoms with Gasteiger partial charge < -0.3 is 0 Å². The summed E-state index contributed by atoms with van der Waals surface area (Å²) in [5.74, 6) is 2.97. The number of hydrogen-bond acceptors (Lipinski definition) is 1. The number of hydrogen-bond donors (Lipinski definition) is 0. The molecule has 0 saturated heterocycles. The van der Waals surface area contributed by atoms with Crippen LogP contribution in [0.2, 0.25) is 0 Å². The molecule has 0 N–H and O–H groups in total. The molecule has 2 aliphatic carbocycles. The molecule has 2 saturated carbocycles. The minimum absolute atomic E-state index is 0.808. The van der Waals surface area contributed by atoms with Gasteiger partial charge in [-0.1, -0.05) is 40.9 Å². The van der Waals surface area contributed by atoms with Crippen molar-refractivity contribution < 1.29 is 0 Å². The van der Waals surface area contributed by atoms with Gasteiger partial charge in [-0.25, -0.2) is 0 Å². The lowest BCUT2D eigenvalue weighted by atomic mass is 9.73. The van der Waals surface area contributed by atoms with Crippen LogP contribution >= 0.6 is 27.7 Å². The molecule has 0 aromatic heterocycles. The lowest BCUT2D eigenvalue weighted by Gasteiger charge is -2.33. The Morgan fingerprint density at radius 2 is 1.41 bits per heavy atom. The van der Waals surface area contributed by atoms with Crippen LogP contribution in [0.15, 0.2) is 12.1 Å². The number of rotatable bonds is 5. The molecule has 1 aromatic carbocycles. The van der Waals surface area contributed by atoms with Crippen molar-refractivity contribution in [2.75, 3.05) is 5.08 Å². The summed E-state index contributed by atoms with van der Waals surface area (Å²) in [5.41, 5.74) is 6.11. The second-order valence-corrected chi connectivity index (χ2v) is 13.1. The lowest BCUT2D eigenvalue weighted by Crippen LogP contribution is -2.21. The molecule has 0 nitrogen and oxygen atoms in total. The minimum Gasteiger partial charge on any atom is -0.0891 e. The van der Waals surface area contributed by atoms with Crippen LogP contribution in [0.3, 0.4) is 0 Å². The number of alkyl halides is 1. The van der Waals surface area contributed by atoms with E-state index in [1.807, 2.05) is 23.1 Å². The van der Waals surface area contributed by atoms with Crippen LogP contribution in [0.1, 0.15) is 80.0 Å². The summed E-state index contributed by atoms with van der Waals surface area (Å²) < 4.78 is 1.55. The van der Waals surface area contributed by atoms with Gasteiger partial charge in [-0.2, -0.15) is 0 Å². The molecule has 2 fully saturated rings. The van der Waals surface area contributed by atoms with Crippen molar-refractivity contribution in [1.29, 1.82) is 0 Å². The predicted molar refractivity (Wildman–Crippen MR) is 128 cm³/mol. The summed E-state index contributed by atoms with van der Waals surface area (Å²) in [7, 11) is 0. The van der Waals surface area contributed by atoms with Gasteiger partial charge in [-0.05, 0) is 111 Å². The maximum Gasteiger partial charge on any atom is 0.271 e.